The van der Waals surface area contributed by atoms with Gasteiger partial charge in [0.1, 0.15) is 43.8 Å². The van der Waals surface area contributed by atoms with Gasteiger partial charge >= 0.3 is 0 Å². The highest BCUT2D eigenvalue weighted by molar-refractivity contribution is 5.83. The van der Waals surface area contributed by atoms with Gasteiger partial charge in [-0.3, -0.25) is 9.80 Å². The van der Waals surface area contributed by atoms with Gasteiger partial charge in [0.2, 0.25) is 0 Å². The minimum atomic E-state index is -0.541. The second kappa shape index (κ2) is 12.7. The monoisotopic (exact) mass is 642 g/mol. The SMILES string of the molecule is CN1CCc2cc(OCCF)cc3c2[C@H]1Cc1ccc(O)c(O)c1-3.CN1CCc2cc(OCCF)cc3c2[C@H]1Cc1cccc(O)c1-3. The van der Waals surface area contributed by atoms with Crippen molar-refractivity contribution in [2.24, 2.45) is 0 Å². The number of benzene rings is 4. The highest BCUT2D eigenvalue weighted by Gasteiger charge is 2.36. The summed E-state index contributed by atoms with van der Waals surface area (Å²) in [6.07, 6.45) is 3.54. The second-order valence-electron chi connectivity index (χ2n) is 12.8. The van der Waals surface area contributed by atoms with E-state index in [0.717, 1.165) is 66.6 Å². The molecule has 4 aromatic rings. The van der Waals surface area contributed by atoms with Gasteiger partial charge in [-0.25, -0.2) is 8.78 Å². The third kappa shape index (κ3) is 5.55. The van der Waals surface area contributed by atoms with Crippen LogP contribution in [0.5, 0.6) is 28.7 Å². The molecule has 2 aliphatic carbocycles. The van der Waals surface area contributed by atoms with E-state index in [1.807, 2.05) is 36.4 Å². The van der Waals surface area contributed by atoms with Crippen molar-refractivity contribution in [2.45, 2.75) is 37.8 Å². The van der Waals surface area contributed by atoms with Crippen LogP contribution in [-0.2, 0) is 25.7 Å². The number of ether oxygens (including phenoxy) is 2. The number of nitrogens with zero attached hydrogens (tertiary/aromatic N) is 2. The lowest BCUT2D eigenvalue weighted by atomic mass is 9.76. The molecule has 0 spiro atoms. The van der Waals surface area contributed by atoms with Crippen LogP contribution in [0.4, 0.5) is 8.78 Å². The van der Waals surface area contributed by atoms with Gasteiger partial charge in [-0.2, -0.15) is 0 Å². The van der Waals surface area contributed by atoms with E-state index in [4.69, 9.17) is 9.47 Å². The van der Waals surface area contributed by atoms with Gasteiger partial charge < -0.3 is 24.8 Å². The van der Waals surface area contributed by atoms with Gasteiger partial charge in [-0.1, -0.05) is 18.2 Å². The maximum absolute atomic E-state index is 12.5. The van der Waals surface area contributed by atoms with Crippen molar-refractivity contribution in [3.8, 4) is 51.0 Å². The molecule has 246 valence electrons. The Morgan fingerprint density at radius 2 is 1.19 bits per heavy atom. The van der Waals surface area contributed by atoms with E-state index in [-0.39, 0.29) is 30.8 Å². The van der Waals surface area contributed by atoms with Crippen LogP contribution in [0.25, 0.3) is 22.3 Å². The first-order valence-electron chi connectivity index (χ1n) is 16.3. The van der Waals surface area contributed by atoms with Crippen molar-refractivity contribution in [3.05, 3.63) is 88.0 Å². The molecule has 0 saturated heterocycles. The number of aromatic hydroxyl groups is 3. The molecule has 3 N–H and O–H groups in total. The molecule has 2 aliphatic heterocycles. The smallest absolute Gasteiger partial charge is 0.165 e. The number of rotatable bonds is 6. The van der Waals surface area contributed by atoms with Crippen molar-refractivity contribution in [2.75, 3.05) is 53.7 Å². The summed E-state index contributed by atoms with van der Waals surface area (Å²) in [5.74, 6) is 1.39. The van der Waals surface area contributed by atoms with Crippen LogP contribution in [0.15, 0.2) is 54.6 Å². The van der Waals surface area contributed by atoms with E-state index < -0.39 is 13.3 Å². The van der Waals surface area contributed by atoms with Gasteiger partial charge in [-0.05, 0) is 121 Å². The topological polar surface area (TPSA) is 85.6 Å². The molecule has 0 unspecified atom stereocenters. The second-order valence-corrected chi connectivity index (χ2v) is 12.8. The number of alkyl halides is 2. The maximum atomic E-state index is 12.5. The minimum absolute atomic E-state index is 0.0143. The van der Waals surface area contributed by atoms with Crippen molar-refractivity contribution in [1.29, 1.82) is 0 Å². The molecule has 9 heteroatoms. The molecule has 0 fully saturated rings. The fourth-order valence-electron chi connectivity index (χ4n) is 7.90. The number of halogens is 2. The van der Waals surface area contributed by atoms with E-state index in [9.17, 15) is 24.1 Å². The fraction of sp³-hybridized carbons (Fsp3) is 0.368. The average Bonchev–Trinajstić information content (AvgIpc) is 3.07. The van der Waals surface area contributed by atoms with Crippen molar-refractivity contribution in [1.82, 2.24) is 9.80 Å². The van der Waals surface area contributed by atoms with Crippen LogP contribution in [0.3, 0.4) is 0 Å². The lowest BCUT2D eigenvalue weighted by Gasteiger charge is -2.40. The van der Waals surface area contributed by atoms with Crippen molar-refractivity contribution < 1.29 is 33.6 Å². The summed E-state index contributed by atoms with van der Waals surface area (Å²) in [5, 5.41) is 30.7. The normalized spacial score (nSPS) is 19.0. The van der Waals surface area contributed by atoms with Crippen molar-refractivity contribution in [3.63, 3.8) is 0 Å². The first kappa shape index (κ1) is 31.3. The zero-order valence-electron chi connectivity index (χ0n) is 26.7. The summed E-state index contributed by atoms with van der Waals surface area (Å²) in [6.45, 7) is 0.983. The van der Waals surface area contributed by atoms with E-state index in [2.05, 4.69) is 30.0 Å². The molecule has 47 heavy (non-hydrogen) atoms. The third-order valence-electron chi connectivity index (χ3n) is 10.1. The summed E-state index contributed by atoms with van der Waals surface area (Å²) in [7, 11) is 4.26. The third-order valence-corrected chi connectivity index (χ3v) is 10.1. The summed E-state index contributed by atoms with van der Waals surface area (Å²) in [6, 6.07) is 17.5. The lowest BCUT2D eigenvalue weighted by Crippen LogP contribution is -2.35. The summed E-state index contributed by atoms with van der Waals surface area (Å²) < 4.78 is 36.0. The van der Waals surface area contributed by atoms with Crippen LogP contribution >= 0.6 is 0 Å². The van der Waals surface area contributed by atoms with E-state index in [1.165, 1.54) is 28.3 Å². The summed E-state index contributed by atoms with van der Waals surface area (Å²) in [5.41, 5.74) is 10.6. The Kier molecular flexibility index (Phi) is 8.45. The fourth-order valence-corrected chi connectivity index (χ4v) is 7.90. The molecule has 0 radical (unpaired) electrons. The number of phenols is 3. The maximum Gasteiger partial charge on any atom is 0.165 e. The molecule has 0 aromatic heterocycles. The average molecular weight is 643 g/mol. The molecule has 0 bridgehead atoms. The molecular formula is C38H40F2N2O5. The Morgan fingerprint density at radius 3 is 1.74 bits per heavy atom. The zero-order valence-corrected chi connectivity index (χ0v) is 26.7. The first-order chi connectivity index (χ1) is 22.8. The van der Waals surface area contributed by atoms with E-state index in [1.54, 1.807) is 6.07 Å². The highest BCUT2D eigenvalue weighted by atomic mass is 19.1. The number of fused-ring (bicyclic) bond motifs is 4. The Morgan fingerprint density at radius 1 is 0.660 bits per heavy atom. The Bertz CT molecular complexity index is 1830. The number of hydrogen-bond donors (Lipinski definition) is 3. The Hall–Kier alpha value is -4.34. The van der Waals surface area contributed by atoms with Gasteiger partial charge in [0.25, 0.3) is 0 Å². The summed E-state index contributed by atoms with van der Waals surface area (Å²) >= 11 is 0. The molecule has 8 rings (SSSR count). The van der Waals surface area contributed by atoms with Crippen LogP contribution < -0.4 is 9.47 Å². The predicted octanol–water partition coefficient (Wildman–Crippen LogP) is 6.69. The van der Waals surface area contributed by atoms with E-state index >= 15 is 0 Å². The molecular weight excluding hydrogens is 602 g/mol. The molecule has 2 atom stereocenters. The predicted molar refractivity (Wildman–Crippen MR) is 177 cm³/mol. The largest absolute Gasteiger partial charge is 0.507 e. The lowest BCUT2D eigenvalue weighted by molar-refractivity contribution is 0.226. The van der Waals surface area contributed by atoms with Crippen LogP contribution in [0, 0.1) is 0 Å². The molecule has 0 saturated carbocycles. The number of likely N-dealkylation sites (N-methyl/N-ethyl adjacent to an activating group) is 2. The molecule has 2 heterocycles. The number of hydrogen-bond acceptors (Lipinski definition) is 7. The highest BCUT2D eigenvalue weighted by Crippen LogP contribution is 2.52. The minimum Gasteiger partial charge on any atom is -0.507 e. The standard InChI is InChI=1S/C19H20FNO3.C19H20FNO2/c1-21-6-4-12-8-13(24-7-5-20)10-14-17(12)15(21)9-11-2-3-16(22)19(23)18(11)14;1-21-7-5-13-9-14(23-8-6-20)11-15-18(13)16(21)10-12-3-2-4-17(22)19(12)15/h2-3,8,10,15,22-23H,4-7,9H2,1H3;2-4,9,11,16,22H,5-8,10H2,1H3/t15-;16-/m11/s1. The molecule has 7 nitrogen and oxygen atoms in total. The van der Waals surface area contributed by atoms with Crippen LogP contribution in [0.1, 0.15) is 45.5 Å². The van der Waals surface area contributed by atoms with Gasteiger partial charge in [0, 0.05) is 36.3 Å². The van der Waals surface area contributed by atoms with Crippen LogP contribution in [-0.4, -0.2) is 78.9 Å². The Labute approximate surface area is 273 Å². The molecule has 4 aromatic carbocycles. The van der Waals surface area contributed by atoms with Gasteiger partial charge in [-0.15, -0.1) is 0 Å². The molecule has 4 aliphatic rings. The van der Waals surface area contributed by atoms with Gasteiger partial charge in [0.15, 0.2) is 11.5 Å². The first-order valence-corrected chi connectivity index (χ1v) is 16.3. The number of phenolic OH excluding ortho intramolecular Hbond substituents is 3. The van der Waals surface area contributed by atoms with Crippen LogP contribution in [0.2, 0.25) is 0 Å². The molecule has 0 amide bonds. The summed E-state index contributed by atoms with van der Waals surface area (Å²) in [4.78, 5) is 4.70. The van der Waals surface area contributed by atoms with Crippen molar-refractivity contribution >= 4 is 0 Å². The quantitative estimate of drug-likeness (QED) is 0.202. The zero-order chi connectivity index (χ0) is 32.8. The van der Waals surface area contributed by atoms with Gasteiger partial charge in [0.05, 0.1) is 0 Å². The van der Waals surface area contributed by atoms with E-state index in [0.29, 0.717) is 28.9 Å². The Balaban J connectivity index is 0.000000150.